The Morgan fingerprint density at radius 2 is 1.84 bits per heavy atom. The summed E-state index contributed by atoms with van der Waals surface area (Å²) in [5.41, 5.74) is 0.877. The first kappa shape index (κ1) is 17.1. The number of amides is 1. The normalized spacial score (nSPS) is 19.9. The van der Waals surface area contributed by atoms with E-state index in [9.17, 15) is 18.4 Å². The topological polar surface area (TPSA) is 66.4 Å². The van der Waals surface area contributed by atoms with E-state index >= 15 is 0 Å². The number of benzene rings is 2. The van der Waals surface area contributed by atoms with Crippen LogP contribution < -0.4 is 5.32 Å². The van der Waals surface area contributed by atoms with Crippen molar-refractivity contribution in [2.45, 2.75) is 24.8 Å². The monoisotopic (exact) mass is 345 g/mol. The summed E-state index contributed by atoms with van der Waals surface area (Å²) in [6.07, 6.45) is 0.169. The van der Waals surface area contributed by atoms with Gasteiger partial charge in [-0.2, -0.15) is 0 Å². The number of carbonyl (C=O) groups is 2. The van der Waals surface area contributed by atoms with E-state index in [1.54, 1.807) is 30.3 Å². The third-order valence-electron chi connectivity index (χ3n) is 4.41. The van der Waals surface area contributed by atoms with Gasteiger partial charge in [0.2, 0.25) is 5.91 Å². The average Bonchev–Trinajstić information content (AvgIpc) is 3.38. The number of nitrogens with one attached hydrogen (secondary N) is 1. The maximum Gasteiger partial charge on any atom is 0.305 e. The summed E-state index contributed by atoms with van der Waals surface area (Å²) >= 11 is 0. The molecule has 1 aliphatic carbocycles. The molecule has 0 radical (unpaired) electrons. The van der Waals surface area contributed by atoms with Gasteiger partial charge in [0.05, 0.1) is 12.5 Å². The summed E-state index contributed by atoms with van der Waals surface area (Å²) in [4.78, 5) is 23.5. The molecular formula is C19H17F2NO3. The largest absolute Gasteiger partial charge is 0.481 e. The summed E-state index contributed by atoms with van der Waals surface area (Å²) < 4.78 is 27.2. The third kappa shape index (κ3) is 3.84. The van der Waals surface area contributed by atoms with E-state index in [0.29, 0.717) is 12.0 Å². The van der Waals surface area contributed by atoms with E-state index in [4.69, 9.17) is 5.11 Å². The van der Waals surface area contributed by atoms with Gasteiger partial charge in [0, 0.05) is 5.92 Å². The van der Waals surface area contributed by atoms with E-state index in [0.717, 1.165) is 6.07 Å². The summed E-state index contributed by atoms with van der Waals surface area (Å²) in [7, 11) is 0. The Bertz CT molecular complexity index is 795. The van der Waals surface area contributed by atoms with Gasteiger partial charge in [0.15, 0.2) is 11.6 Å². The van der Waals surface area contributed by atoms with E-state index in [1.165, 1.54) is 12.1 Å². The van der Waals surface area contributed by atoms with E-state index in [2.05, 4.69) is 5.32 Å². The van der Waals surface area contributed by atoms with Crippen LogP contribution in [0.2, 0.25) is 0 Å². The summed E-state index contributed by atoms with van der Waals surface area (Å²) in [5, 5.41) is 11.8. The molecule has 0 heterocycles. The Morgan fingerprint density at radius 1 is 1.12 bits per heavy atom. The summed E-state index contributed by atoms with van der Waals surface area (Å²) in [6.45, 7) is 0. The minimum atomic E-state index is -1.03. The predicted molar refractivity (Wildman–Crippen MR) is 86.8 cm³/mol. The smallest absolute Gasteiger partial charge is 0.305 e. The summed E-state index contributed by atoms with van der Waals surface area (Å²) in [5.74, 6) is -4.08. The van der Waals surface area contributed by atoms with Gasteiger partial charge in [-0.1, -0.05) is 42.5 Å². The quantitative estimate of drug-likeness (QED) is 0.843. The second kappa shape index (κ2) is 7.01. The van der Waals surface area contributed by atoms with Crippen molar-refractivity contribution < 1.29 is 23.5 Å². The van der Waals surface area contributed by atoms with E-state index in [-0.39, 0.29) is 23.8 Å². The van der Waals surface area contributed by atoms with Crippen molar-refractivity contribution in [2.24, 2.45) is 5.92 Å². The summed E-state index contributed by atoms with van der Waals surface area (Å²) in [6, 6.07) is 12.1. The molecule has 3 rings (SSSR count). The fraction of sp³-hybridized carbons (Fsp3) is 0.263. The Kier molecular flexibility index (Phi) is 4.79. The van der Waals surface area contributed by atoms with Crippen molar-refractivity contribution in [3.8, 4) is 0 Å². The molecule has 1 fully saturated rings. The molecule has 2 aromatic carbocycles. The molecular weight excluding hydrogens is 328 g/mol. The number of carboxylic acids is 1. The standard InChI is InChI=1S/C19H17F2NO3/c20-15-8-4-7-12(18(15)21)13-9-14(13)19(25)22-16(10-17(23)24)11-5-2-1-3-6-11/h1-8,13-14,16H,9-10H2,(H,22,25)(H,23,24). The van der Waals surface area contributed by atoms with Gasteiger partial charge >= 0.3 is 5.97 Å². The first-order valence-corrected chi connectivity index (χ1v) is 7.98. The number of hydrogen-bond donors (Lipinski definition) is 2. The van der Waals surface area contributed by atoms with Crippen LogP contribution in [0.5, 0.6) is 0 Å². The van der Waals surface area contributed by atoms with Crippen LogP contribution in [0.3, 0.4) is 0 Å². The molecule has 1 amide bonds. The molecule has 0 aromatic heterocycles. The maximum absolute atomic E-state index is 13.8. The van der Waals surface area contributed by atoms with Gasteiger partial charge < -0.3 is 10.4 Å². The highest BCUT2D eigenvalue weighted by atomic mass is 19.2. The molecule has 2 N–H and O–H groups in total. The van der Waals surface area contributed by atoms with Gasteiger partial charge in [0.25, 0.3) is 0 Å². The SMILES string of the molecule is O=C(O)CC(NC(=O)C1CC1c1cccc(F)c1F)c1ccccc1. The van der Waals surface area contributed by atoms with Crippen LogP contribution in [0, 0.1) is 17.6 Å². The van der Waals surface area contributed by atoms with Crippen LogP contribution in [0.15, 0.2) is 48.5 Å². The van der Waals surface area contributed by atoms with Gasteiger partial charge in [-0.3, -0.25) is 9.59 Å². The van der Waals surface area contributed by atoms with Crippen molar-refractivity contribution in [3.63, 3.8) is 0 Å². The van der Waals surface area contributed by atoms with Gasteiger partial charge in [-0.25, -0.2) is 8.78 Å². The van der Waals surface area contributed by atoms with Crippen LogP contribution in [0.25, 0.3) is 0 Å². The highest BCUT2D eigenvalue weighted by Gasteiger charge is 2.46. The second-order valence-corrected chi connectivity index (χ2v) is 6.16. The first-order valence-electron chi connectivity index (χ1n) is 7.98. The van der Waals surface area contributed by atoms with Gasteiger partial charge in [-0.05, 0) is 29.5 Å². The fourth-order valence-electron chi connectivity index (χ4n) is 3.03. The van der Waals surface area contributed by atoms with Crippen LogP contribution >= 0.6 is 0 Å². The number of hydrogen-bond acceptors (Lipinski definition) is 2. The lowest BCUT2D eigenvalue weighted by atomic mass is 10.0. The molecule has 130 valence electrons. The Balaban J connectivity index is 1.71. The second-order valence-electron chi connectivity index (χ2n) is 6.16. The number of aliphatic carboxylic acids is 1. The van der Waals surface area contributed by atoms with Crippen LogP contribution in [-0.4, -0.2) is 17.0 Å². The van der Waals surface area contributed by atoms with Crippen LogP contribution in [0.1, 0.15) is 35.9 Å². The lowest BCUT2D eigenvalue weighted by Gasteiger charge is -2.17. The van der Waals surface area contributed by atoms with Crippen molar-refractivity contribution in [1.82, 2.24) is 5.32 Å². The molecule has 3 unspecified atom stereocenters. The highest BCUT2D eigenvalue weighted by molar-refractivity contribution is 5.84. The van der Waals surface area contributed by atoms with E-state index in [1.807, 2.05) is 0 Å². The molecule has 25 heavy (non-hydrogen) atoms. The van der Waals surface area contributed by atoms with Crippen molar-refractivity contribution in [2.75, 3.05) is 0 Å². The number of halogens is 2. The van der Waals surface area contributed by atoms with Crippen LogP contribution in [-0.2, 0) is 9.59 Å². The highest BCUT2D eigenvalue weighted by Crippen LogP contribution is 2.48. The third-order valence-corrected chi connectivity index (χ3v) is 4.41. The van der Waals surface area contributed by atoms with E-state index < -0.39 is 29.6 Å². The minimum absolute atomic E-state index is 0.189. The number of rotatable bonds is 6. The molecule has 2 aromatic rings. The lowest BCUT2D eigenvalue weighted by Crippen LogP contribution is -2.31. The molecule has 0 aliphatic heterocycles. The Labute approximate surface area is 143 Å². The minimum Gasteiger partial charge on any atom is -0.481 e. The van der Waals surface area contributed by atoms with Crippen molar-refractivity contribution >= 4 is 11.9 Å². The number of carbonyl (C=O) groups excluding carboxylic acids is 1. The number of carboxylic acid groups (broad SMARTS) is 1. The average molecular weight is 345 g/mol. The molecule has 0 saturated heterocycles. The molecule has 6 heteroatoms. The Morgan fingerprint density at radius 3 is 2.52 bits per heavy atom. The zero-order chi connectivity index (χ0) is 18.0. The lowest BCUT2D eigenvalue weighted by molar-refractivity contribution is -0.137. The van der Waals surface area contributed by atoms with Gasteiger partial charge in [-0.15, -0.1) is 0 Å². The molecule has 1 aliphatic rings. The molecule has 0 bridgehead atoms. The van der Waals surface area contributed by atoms with Crippen LogP contribution in [0.4, 0.5) is 8.78 Å². The Hall–Kier alpha value is -2.76. The van der Waals surface area contributed by atoms with Crippen molar-refractivity contribution in [1.29, 1.82) is 0 Å². The first-order chi connectivity index (χ1) is 12.0. The fourth-order valence-corrected chi connectivity index (χ4v) is 3.03. The molecule has 4 nitrogen and oxygen atoms in total. The molecule has 0 spiro atoms. The zero-order valence-corrected chi connectivity index (χ0v) is 13.3. The zero-order valence-electron chi connectivity index (χ0n) is 13.3. The molecule has 3 atom stereocenters. The maximum atomic E-state index is 13.8. The predicted octanol–water partition coefficient (Wildman–Crippen LogP) is 3.40. The van der Waals surface area contributed by atoms with Gasteiger partial charge in [0.1, 0.15) is 0 Å². The molecule has 1 saturated carbocycles. The van der Waals surface area contributed by atoms with Crippen molar-refractivity contribution in [3.05, 3.63) is 71.3 Å².